The number of sulfone groups is 1. The summed E-state index contributed by atoms with van der Waals surface area (Å²) in [5.74, 6) is 0.709. The second-order valence-corrected chi connectivity index (χ2v) is 8.62. The number of amides is 1. The summed E-state index contributed by atoms with van der Waals surface area (Å²) in [5.41, 5.74) is 3.27. The molecule has 6 nitrogen and oxygen atoms in total. The Labute approximate surface area is 147 Å². The molecule has 134 valence electrons. The highest BCUT2D eigenvalue weighted by molar-refractivity contribution is 7.91. The van der Waals surface area contributed by atoms with Gasteiger partial charge in [0.15, 0.2) is 9.84 Å². The van der Waals surface area contributed by atoms with E-state index in [4.69, 9.17) is 4.74 Å². The Hall–Kier alpha value is -2.28. The molecule has 7 heteroatoms. The average molecular weight is 362 g/mol. The van der Waals surface area contributed by atoms with E-state index in [1.165, 1.54) is 0 Å². The van der Waals surface area contributed by atoms with Gasteiger partial charge in [0.2, 0.25) is 0 Å². The number of benzene rings is 1. The summed E-state index contributed by atoms with van der Waals surface area (Å²) >= 11 is 0. The topological polar surface area (TPSA) is 77.4 Å². The summed E-state index contributed by atoms with van der Waals surface area (Å²) in [6, 6.07) is 9.14. The van der Waals surface area contributed by atoms with E-state index in [1.807, 2.05) is 48.7 Å². The summed E-state index contributed by atoms with van der Waals surface area (Å²) < 4.78 is 30.3. The van der Waals surface area contributed by atoms with Gasteiger partial charge >= 0.3 is 0 Å². The minimum absolute atomic E-state index is 0.0238. The van der Waals surface area contributed by atoms with Crippen molar-refractivity contribution in [2.75, 3.05) is 18.6 Å². The molecule has 1 saturated heterocycles. The van der Waals surface area contributed by atoms with Gasteiger partial charge in [-0.2, -0.15) is 0 Å². The van der Waals surface area contributed by atoms with Gasteiger partial charge in [-0.05, 0) is 50.6 Å². The van der Waals surface area contributed by atoms with Crippen molar-refractivity contribution in [2.24, 2.45) is 0 Å². The minimum Gasteiger partial charge on any atom is -0.497 e. The van der Waals surface area contributed by atoms with Crippen molar-refractivity contribution < 1.29 is 17.9 Å². The number of aromatic nitrogens is 1. The molecule has 1 amide bonds. The number of hydrogen-bond donors (Lipinski definition) is 1. The van der Waals surface area contributed by atoms with Crippen LogP contribution in [0.5, 0.6) is 5.75 Å². The molecule has 1 unspecified atom stereocenters. The maximum atomic E-state index is 12.6. The quantitative estimate of drug-likeness (QED) is 0.903. The lowest BCUT2D eigenvalue weighted by atomic mass is 10.2. The van der Waals surface area contributed by atoms with Crippen LogP contribution in [0.3, 0.4) is 0 Å². The van der Waals surface area contributed by atoms with Crippen LogP contribution in [0, 0.1) is 13.8 Å². The molecular formula is C18H22N2O4S. The number of hydrogen-bond acceptors (Lipinski definition) is 4. The first kappa shape index (κ1) is 17.5. The number of methoxy groups -OCH3 is 1. The van der Waals surface area contributed by atoms with Gasteiger partial charge in [0.05, 0.1) is 24.2 Å². The standard InChI is InChI=1S/C18H22N2O4S/c1-12-10-17(18(21)19-14-8-9-25(22,23)11-14)13(2)20(12)15-4-6-16(24-3)7-5-15/h4-7,10,14H,8-9,11H2,1-3H3,(H,19,21). The van der Waals surface area contributed by atoms with Gasteiger partial charge < -0.3 is 14.6 Å². The number of carbonyl (C=O) groups excluding carboxylic acids is 1. The predicted octanol–water partition coefficient (Wildman–Crippen LogP) is 2.02. The van der Waals surface area contributed by atoms with E-state index in [-0.39, 0.29) is 23.5 Å². The fourth-order valence-electron chi connectivity index (χ4n) is 3.29. The van der Waals surface area contributed by atoms with E-state index in [2.05, 4.69) is 5.32 Å². The van der Waals surface area contributed by atoms with Crippen molar-refractivity contribution in [1.29, 1.82) is 0 Å². The molecular weight excluding hydrogens is 340 g/mol. The molecule has 3 rings (SSSR count). The first-order valence-electron chi connectivity index (χ1n) is 8.15. The van der Waals surface area contributed by atoms with Gasteiger partial charge in [-0.3, -0.25) is 4.79 Å². The van der Waals surface area contributed by atoms with E-state index in [1.54, 1.807) is 7.11 Å². The lowest BCUT2D eigenvalue weighted by Crippen LogP contribution is -2.35. The molecule has 2 aromatic rings. The monoisotopic (exact) mass is 362 g/mol. The Morgan fingerprint density at radius 3 is 2.48 bits per heavy atom. The molecule has 1 aliphatic rings. The van der Waals surface area contributed by atoms with Gasteiger partial charge in [0.1, 0.15) is 5.75 Å². The molecule has 0 saturated carbocycles. The first-order valence-corrected chi connectivity index (χ1v) is 9.97. The van der Waals surface area contributed by atoms with Crippen LogP contribution in [0.4, 0.5) is 0 Å². The van der Waals surface area contributed by atoms with Crippen molar-refractivity contribution in [3.05, 3.63) is 47.3 Å². The van der Waals surface area contributed by atoms with Crippen LogP contribution in [0.25, 0.3) is 5.69 Å². The first-order chi connectivity index (χ1) is 11.8. The van der Waals surface area contributed by atoms with Crippen molar-refractivity contribution in [1.82, 2.24) is 9.88 Å². The van der Waals surface area contributed by atoms with Gasteiger partial charge in [-0.15, -0.1) is 0 Å². The Morgan fingerprint density at radius 1 is 1.24 bits per heavy atom. The molecule has 1 fully saturated rings. The van der Waals surface area contributed by atoms with Gasteiger partial charge in [-0.25, -0.2) is 8.42 Å². The van der Waals surface area contributed by atoms with Crippen molar-refractivity contribution in [3.8, 4) is 11.4 Å². The van der Waals surface area contributed by atoms with Crippen LogP contribution in [-0.2, 0) is 9.84 Å². The highest BCUT2D eigenvalue weighted by Crippen LogP contribution is 2.23. The largest absolute Gasteiger partial charge is 0.497 e. The van der Waals surface area contributed by atoms with Crippen LogP contribution >= 0.6 is 0 Å². The van der Waals surface area contributed by atoms with Crippen LogP contribution in [0.1, 0.15) is 28.2 Å². The fourth-order valence-corrected chi connectivity index (χ4v) is 4.97. The van der Waals surface area contributed by atoms with E-state index in [9.17, 15) is 13.2 Å². The number of nitrogens with one attached hydrogen (secondary N) is 1. The molecule has 1 aromatic carbocycles. The predicted molar refractivity (Wildman–Crippen MR) is 96.3 cm³/mol. The zero-order chi connectivity index (χ0) is 18.2. The third-order valence-electron chi connectivity index (χ3n) is 4.57. The number of carbonyl (C=O) groups is 1. The zero-order valence-electron chi connectivity index (χ0n) is 14.6. The van der Waals surface area contributed by atoms with Crippen molar-refractivity contribution in [2.45, 2.75) is 26.3 Å². The molecule has 0 spiro atoms. The van der Waals surface area contributed by atoms with Gasteiger partial charge in [-0.1, -0.05) is 0 Å². The van der Waals surface area contributed by atoms with Crippen molar-refractivity contribution >= 4 is 15.7 Å². The average Bonchev–Trinajstić information content (AvgIpc) is 3.06. The second kappa shape index (κ2) is 6.55. The Morgan fingerprint density at radius 2 is 1.92 bits per heavy atom. The van der Waals surface area contributed by atoms with Crippen LogP contribution < -0.4 is 10.1 Å². The molecule has 25 heavy (non-hydrogen) atoms. The van der Waals surface area contributed by atoms with E-state index in [0.717, 1.165) is 22.8 Å². The summed E-state index contributed by atoms with van der Waals surface area (Å²) in [5, 5.41) is 2.85. The molecule has 0 radical (unpaired) electrons. The third kappa shape index (κ3) is 3.56. The maximum absolute atomic E-state index is 12.6. The number of rotatable bonds is 4. The minimum atomic E-state index is -3.02. The summed E-state index contributed by atoms with van der Waals surface area (Å²) in [7, 11) is -1.40. The lowest BCUT2D eigenvalue weighted by molar-refractivity contribution is 0.0940. The summed E-state index contributed by atoms with van der Waals surface area (Å²) in [6.07, 6.45) is 0.477. The molecule has 1 N–H and O–H groups in total. The number of nitrogens with zero attached hydrogens (tertiary/aromatic N) is 1. The van der Waals surface area contributed by atoms with E-state index in [0.29, 0.717) is 12.0 Å². The third-order valence-corrected chi connectivity index (χ3v) is 6.34. The molecule has 1 atom stereocenters. The smallest absolute Gasteiger partial charge is 0.253 e. The lowest BCUT2D eigenvalue weighted by Gasteiger charge is -2.12. The Kier molecular flexibility index (Phi) is 4.60. The maximum Gasteiger partial charge on any atom is 0.253 e. The summed E-state index contributed by atoms with van der Waals surface area (Å²) in [4.78, 5) is 12.6. The molecule has 1 aromatic heterocycles. The SMILES string of the molecule is COc1ccc(-n2c(C)cc(C(=O)NC3CCS(=O)(=O)C3)c2C)cc1. The second-order valence-electron chi connectivity index (χ2n) is 6.39. The van der Waals surface area contributed by atoms with Gasteiger partial charge in [0, 0.05) is 23.1 Å². The summed E-state index contributed by atoms with van der Waals surface area (Å²) in [6.45, 7) is 3.82. The number of aryl methyl sites for hydroxylation is 1. The van der Waals surface area contributed by atoms with Crippen LogP contribution in [0.15, 0.2) is 30.3 Å². The number of ether oxygens (including phenoxy) is 1. The van der Waals surface area contributed by atoms with Gasteiger partial charge in [0.25, 0.3) is 5.91 Å². The van der Waals surface area contributed by atoms with E-state index >= 15 is 0 Å². The zero-order valence-corrected chi connectivity index (χ0v) is 15.4. The van der Waals surface area contributed by atoms with Crippen LogP contribution in [-0.4, -0.2) is 43.5 Å². The molecule has 0 aliphatic carbocycles. The molecule has 2 heterocycles. The van der Waals surface area contributed by atoms with Crippen LogP contribution in [0.2, 0.25) is 0 Å². The highest BCUT2D eigenvalue weighted by Gasteiger charge is 2.30. The fraction of sp³-hybridized carbons (Fsp3) is 0.389. The Balaban J connectivity index is 1.84. The van der Waals surface area contributed by atoms with Crippen molar-refractivity contribution in [3.63, 3.8) is 0 Å². The molecule has 0 bridgehead atoms. The highest BCUT2D eigenvalue weighted by atomic mass is 32.2. The normalized spacial score (nSPS) is 18.9. The van der Waals surface area contributed by atoms with E-state index < -0.39 is 9.84 Å². The molecule has 1 aliphatic heterocycles. The Bertz CT molecular complexity index is 898.